The molecule has 86 valence electrons. The Bertz CT molecular complexity index is 559. The minimum Gasteiger partial charge on any atom is -0.393 e. The van der Waals surface area contributed by atoms with Crippen molar-refractivity contribution in [2.24, 2.45) is 0 Å². The molecule has 0 spiro atoms. The van der Waals surface area contributed by atoms with Gasteiger partial charge in [0.1, 0.15) is 5.82 Å². The third kappa shape index (κ3) is 1.88. The van der Waals surface area contributed by atoms with Crippen molar-refractivity contribution in [1.29, 1.82) is 0 Å². The first-order valence-electron chi connectivity index (χ1n) is 4.84. The van der Waals surface area contributed by atoms with Crippen LogP contribution in [0.5, 0.6) is 0 Å². The molecule has 1 heterocycles. The van der Waals surface area contributed by atoms with Crippen molar-refractivity contribution in [2.45, 2.75) is 24.3 Å². The zero-order valence-electron chi connectivity index (χ0n) is 8.64. The van der Waals surface area contributed by atoms with Crippen LogP contribution in [0.25, 0.3) is 5.57 Å². The Balaban J connectivity index is 2.56. The molecule has 0 aliphatic carbocycles. The van der Waals surface area contributed by atoms with E-state index in [2.05, 4.69) is 0 Å². The van der Waals surface area contributed by atoms with Crippen LogP contribution in [0, 0.1) is 5.82 Å². The Kier molecular flexibility index (Phi) is 2.59. The summed E-state index contributed by atoms with van der Waals surface area (Å²) in [5, 5.41) is 10.4. The minimum atomic E-state index is -3.54. The summed E-state index contributed by atoms with van der Waals surface area (Å²) in [6.07, 6.45) is -0.379. The van der Waals surface area contributed by atoms with Gasteiger partial charge in [-0.2, -0.15) is 0 Å². The Morgan fingerprint density at radius 3 is 2.75 bits per heavy atom. The maximum absolute atomic E-state index is 13.0. The molecule has 1 unspecified atom stereocenters. The van der Waals surface area contributed by atoms with Crippen LogP contribution in [0.15, 0.2) is 28.5 Å². The van der Waals surface area contributed by atoms with E-state index in [0.717, 1.165) is 11.5 Å². The zero-order valence-corrected chi connectivity index (χ0v) is 9.46. The molecular formula is C11H11FO3S. The first-order chi connectivity index (χ1) is 7.40. The average molecular weight is 242 g/mol. The van der Waals surface area contributed by atoms with E-state index in [1.807, 2.05) is 0 Å². The average Bonchev–Trinajstić information content (AvgIpc) is 2.37. The Labute approximate surface area is 93.1 Å². The van der Waals surface area contributed by atoms with Crippen LogP contribution in [0.2, 0.25) is 0 Å². The topological polar surface area (TPSA) is 54.4 Å². The summed E-state index contributed by atoms with van der Waals surface area (Å²) >= 11 is 0. The van der Waals surface area contributed by atoms with Crippen molar-refractivity contribution >= 4 is 15.4 Å². The lowest BCUT2D eigenvalue weighted by molar-refractivity contribution is 0.201. The van der Waals surface area contributed by atoms with E-state index in [1.54, 1.807) is 6.92 Å². The first-order valence-corrected chi connectivity index (χ1v) is 6.38. The summed E-state index contributed by atoms with van der Waals surface area (Å²) in [6.45, 7) is 1.58. The van der Waals surface area contributed by atoms with Crippen molar-refractivity contribution in [1.82, 2.24) is 0 Å². The normalized spacial score (nSPS) is 19.1. The molecule has 1 atom stereocenters. The van der Waals surface area contributed by atoms with E-state index in [-0.39, 0.29) is 11.3 Å². The summed E-state index contributed by atoms with van der Waals surface area (Å²) in [6, 6.07) is 3.66. The van der Waals surface area contributed by atoms with Gasteiger partial charge in [-0.15, -0.1) is 0 Å². The Morgan fingerprint density at radius 2 is 2.12 bits per heavy atom. The number of halogens is 1. The van der Waals surface area contributed by atoms with Crippen molar-refractivity contribution in [3.63, 3.8) is 0 Å². The van der Waals surface area contributed by atoms with Gasteiger partial charge in [0.25, 0.3) is 0 Å². The summed E-state index contributed by atoms with van der Waals surface area (Å²) in [5.41, 5.74) is 1.02. The highest BCUT2D eigenvalue weighted by atomic mass is 32.2. The SMILES string of the molecule is CC(O)CC1=CS(=O)(=O)c2cc(F)ccc21. The van der Waals surface area contributed by atoms with Gasteiger partial charge in [0.05, 0.1) is 11.0 Å². The number of rotatable bonds is 2. The minimum absolute atomic E-state index is 0.0110. The highest BCUT2D eigenvalue weighted by Gasteiger charge is 2.27. The number of sulfone groups is 1. The van der Waals surface area contributed by atoms with E-state index < -0.39 is 21.8 Å². The highest BCUT2D eigenvalue weighted by molar-refractivity contribution is 7.95. The van der Waals surface area contributed by atoms with Gasteiger partial charge in [-0.3, -0.25) is 0 Å². The molecule has 0 amide bonds. The molecule has 1 aromatic rings. The summed E-state index contributed by atoms with van der Waals surface area (Å²) in [7, 11) is -3.54. The van der Waals surface area contributed by atoms with Gasteiger partial charge in [-0.25, -0.2) is 12.8 Å². The summed E-state index contributed by atoms with van der Waals surface area (Å²) in [5.74, 6) is -0.575. The van der Waals surface area contributed by atoms with Crippen LogP contribution in [-0.4, -0.2) is 19.6 Å². The van der Waals surface area contributed by atoms with Crippen LogP contribution < -0.4 is 0 Å². The maximum Gasteiger partial charge on any atom is 0.200 e. The third-order valence-corrected chi connectivity index (χ3v) is 3.95. The second-order valence-corrected chi connectivity index (χ2v) is 5.65. The third-order valence-electron chi connectivity index (χ3n) is 2.41. The Morgan fingerprint density at radius 1 is 1.44 bits per heavy atom. The van der Waals surface area contributed by atoms with Crippen molar-refractivity contribution < 1.29 is 17.9 Å². The summed E-state index contributed by atoms with van der Waals surface area (Å²) < 4.78 is 36.3. The fourth-order valence-corrected chi connectivity index (χ4v) is 3.29. The number of fused-ring (bicyclic) bond motifs is 1. The number of hydrogen-bond donors (Lipinski definition) is 1. The fraction of sp³-hybridized carbons (Fsp3) is 0.273. The fourth-order valence-electron chi connectivity index (χ4n) is 1.79. The summed E-state index contributed by atoms with van der Waals surface area (Å²) in [4.78, 5) is -0.0110. The second-order valence-electron chi connectivity index (χ2n) is 3.88. The highest BCUT2D eigenvalue weighted by Crippen LogP contribution is 2.36. The number of hydrogen-bond acceptors (Lipinski definition) is 3. The van der Waals surface area contributed by atoms with Gasteiger partial charge >= 0.3 is 0 Å². The molecule has 0 saturated heterocycles. The number of aliphatic hydroxyl groups is 1. The standard InChI is InChI=1S/C11H11FO3S/c1-7(13)4-8-6-16(14,15)11-5-9(12)2-3-10(8)11/h2-3,5-7,13H,4H2,1H3. The molecule has 0 bridgehead atoms. The quantitative estimate of drug-likeness (QED) is 0.859. The van der Waals surface area contributed by atoms with Gasteiger partial charge in [0, 0.05) is 5.41 Å². The van der Waals surface area contributed by atoms with Gasteiger partial charge < -0.3 is 5.11 Å². The molecule has 3 nitrogen and oxygen atoms in total. The van der Waals surface area contributed by atoms with Crippen LogP contribution in [-0.2, 0) is 9.84 Å². The lowest BCUT2D eigenvalue weighted by Gasteiger charge is -2.06. The lowest BCUT2D eigenvalue weighted by Crippen LogP contribution is -2.00. The van der Waals surface area contributed by atoms with E-state index in [4.69, 9.17) is 0 Å². The molecule has 1 N–H and O–H groups in total. The molecule has 0 fully saturated rings. The molecule has 16 heavy (non-hydrogen) atoms. The van der Waals surface area contributed by atoms with Crippen molar-refractivity contribution in [2.75, 3.05) is 0 Å². The van der Waals surface area contributed by atoms with Crippen molar-refractivity contribution in [3.8, 4) is 0 Å². The number of benzene rings is 1. The molecule has 0 radical (unpaired) electrons. The van der Waals surface area contributed by atoms with E-state index in [9.17, 15) is 17.9 Å². The van der Waals surface area contributed by atoms with Crippen LogP contribution >= 0.6 is 0 Å². The smallest absolute Gasteiger partial charge is 0.200 e. The Hall–Kier alpha value is -1.20. The van der Waals surface area contributed by atoms with Crippen LogP contribution in [0.3, 0.4) is 0 Å². The monoisotopic (exact) mass is 242 g/mol. The van der Waals surface area contributed by atoms with Gasteiger partial charge in [-0.05, 0) is 36.6 Å². The zero-order chi connectivity index (χ0) is 11.9. The predicted molar refractivity (Wildman–Crippen MR) is 57.9 cm³/mol. The van der Waals surface area contributed by atoms with Crippen LogP contribution in [0.4, 0.5) is 4.39 Å². The largest absolute Gasteiger partial charge is 0.393 e. The molecule has 2 rings (SSSR count). The first kappa shape index (κ1) is 11.3. The maximum atomic E-state index is 13.0. The molecule has 1 aliphatic rings. The van der Waals surface area contributed by atoms with Gasteiger partial charge in [0.2, 0.25) is 9.84 Å². The molecule has 0 saturated carbocycles. The van der Waals surface area contributed by atoms with Gasteiger partial charge in [-0.1, -0.05) is 6.07 Å². The van der Waals surface area contributed by atoms with Crippen molar-refractivity contribution in [3.05, 3.63) is 35.0 Å². The molecule has 5 heteroatoms. The van der Waals surface area contributed by atoms with Gasteiger partial charge in [0.15, 0.2) is 0 Å². The lowest BCUT2D eigenvalue weighted by atomic mass is 10.0. The predicted octanol–water partition coefficient (Wildman–Crippen LogP) is 1.72. The molecule has 1 aromatic carbocycles. The van der Waals surface area contributed by atoms with E-state index in [1.165, 1.54) is 12.1 Å². The molecular weight excluding hydrogens is 231 g/mol. The van der Waals surface area contributed by atoms with E-state index in [0.29, 0.717) is 11.1 Å². The van der Waals surface area contributed by atoms with Crippen LogP contribution in [0.1, 0.15) is 18.9 Å². The van der Waals surface area contributed by atoms with E-state index >= 15 is 0 Å². The molecule has 1 aliphatic heterocycles. The second kappa shape index (κ2) is 3.68. The molecule has 0 aromatic heterocycles. The number of aliphatic hydroxyl groups excluding tert-OH is 1.